The molecule has 4 nitrogen and oxygen atoms in total. The average Bonchev–Trinajstić information content (AvgIpc) is 3.38. The van der Waals surface area contributed by atoms with Gasteiger partial charge in [-0.05, 0) is 54.7 Å². The molecule has 2 aliphatic rings. The Morgan fingerprint density at radius 2 is 2.03 bits per heavy atom. The van der Waals surface area contributed by atoms with E-state index in [0.29, 0.717) is 12.0 Å². The first-order chi connectivity index (χ1) is 15.8. The van der Waals surface area contributed by atoms with Crippen LogP contribution in [0.5, 0.6) is 5.75 Å². The van der Waals surface area contributed by atoms with Crippen molar-refractivity contribution in [2.45, 2.75) is 63.8 Å². The highest BCUT2D eigenvalue weighted by Gasteiger charge is 2.40. The molecule has 0 aromatic heterocycles. The van der Waals surface area contributed by atoms with Gasteiger partial charge in [0, 0.05) is 35.7 Å². The van der Waals surface area contributed by atoms with Crippen LogP contribution in [-0.2, 0) is 10.2 Å². The van der Waals surface area contributed by atoms with Crippen molar-refractivity contribution in [1.29, 1.82) is 0 Å². The van der Waals surface area contributed by atoms with E-state index in [9.17, 15) is 4.79 Å². The molecule has 0 saturated heterocycles. The van der Waals surface area contributed by atoms with Crippen LogP contribution in [0, 0.1) is 0 Å². The van der Waals surface area contributed by atoms with Gasteiger partial charge in [-0.3, -0.25) is 4.79 Å². The number of benzene rings is 2. The SMILES string of the molecule is C=C(/C=C/c1ccc2c(c1)C1CCCC1N2CC)C(C)(C)c1ccccc1[OH+]CCC(=O)O. The van der Waals surface area contributed by atoms with Crippen LogP contribution in [0.25, 0.3) is 6.08 Å². The number of aliphatic carboxylic acids is 1. The summed E-state index contributed by atoms with van der Waals surface area (Å²) in [7, 11) is 0. The molecule has 174 valence electrons. The lowest BCUT2D eigenvalue weighted by Crippen LogP contribution is -2.30. The zero-order valence-corrected chi connectivity index (χ0v) is 20.1. The van der Waals surface area contributed by atoms with Crippen LogP contribution >= 0.6 is 0 Å². The van der Waals surface area contributed by atoms with Crippen LogP contribution in [0.3, 0.4) is 0 Å². The summed E-state index contributed by atoms with van der Waals surface area (Å²) in [5.74, 6) is 0.679. The topological polar surface area (TPSA) is 53.3 Å². The number of likely N-dealkylation sites (N-methyl/N-ethyl adjacent to an activating group) is 1. The lowest BCUT2D eigenvalue weighted by Gasteiger charge is -2.26. The van der Waals surface area contributed by atoms with Gasteiger partial charge in [0.05, 0.1) is 5.56 Å². The maximum Gasteiger partial charge on any atom is 0.312 e. The summed E-state index contributed by atoms with van der Waals surface area (Å²) in [6, 6.07) is 15.5. The number of nitrogens with zero attached hydrogens (tertiary/aromatic N) is 1. The Labute approximate surface area is 197 Å². The molecule has 0 amide bonds. The third-order valence-corrected chi connectivity index (χ3v) is 7.45. The Morgan fingerprint density at radius 1 is 1.24 bits per heavy atom. The number of carbonyl (C=O) groups is 1. The second-order valence-corrected chi connectivity index (χ2v) is 9.74. The van der Waals surface area contributed by atoms with E-state index in [1.54, 1.807) is 0 Å². The molecule has 0 spiro atoms. The molecule has 0 radical (unpaired) electrons. The maximum absolute atomic E-state index is 10.9. The van der Waals surface area contributed by atoms with Gasteiger partial charge in [0.25, 0.3) is 5.75 Å². The lowest BCUT2D eigenvalue weighted by atomic mass is 9.77. The van der Waals surface area contributed by atoms with Crippen LogP contribution in [-0.4, -0.2) is 35.0 Å². The first-order valence-corrected chi connectivity index (χ1v) is 12.1. The molecule has 2 N–H and O–H groups in total. The van der Waals surface area contributed by atoms with Crippen LogP contribution < -0.4 is 4.90 Å². The van der Waals surface area contributed by atoms with E-state index in [2.05, 4.69) is 73.4 Å². The quantitative estimate of drug-likeness (QED) is 0.357. The van der Waals surface area contributed by atoms with E-state index < -0.39 is 5.97 Å². The molecule has 2 unspecified atom stereocenters. The molecule has 4 rings (SSSR count). The zero-order valence-electron chi connectivity index (χ0n) is 20.1. The Kier molecular flexibility index (Phi) is 6.64. The molecule has 2 aromatic rings. The van der Waals surface area contributed by atoms with Crippen LogP contribution in [0.15, 0.2) is 60.7 Å². The Bertz CT molecular complexity index is 1070. The number of anilines is 1. The van der Waals surface area contributed by atoms with Gasteiger partial charge < -0.3 is 14.7 Å². The minimum atomic E-state index is -0.830. The number of carboxylic acids is 1. The van der Waals surface area contributed by atoms with E-state index in [4.69, 9.17) is 5.11 Å². The van der Waals surface area contributed by atoms with Crippen molar-refractivity contribution in [1.82, 2.24) is 0 Å². The summed E-state index contributed by atoms with van der Waals surface area (Å²) in [5, 5.41) is 8.94. The summed E-state index contributed by atoms with van der Waals surface area (Å²) in [6.45, 7) is 12.3. The van der Waals surface area contributed by atoms with Crippen molar-refractivity contribution >= 4 is 17.7 Å². The number of aromatic hydroxyl groups is 1. The van der Waals surface area contributed by atoms with Gasteiger partial charge in [0.2, 0.25) is 0 Å². The van der Waals surface area contributed by atoms with Gasteiger partial charge >= 0.3 is 5.97 Å². The van der Waals surface area contributed by atoms with Crippen LogP contribution in [0.2, 0.25) is 0 Å². The number of para-hydroxylation sites is 1. The largest absolute Gasteiger partial charge is 0.582 e. The molecule has 4 heteroatoms. The van der Waals surface area contributed by atoms with Crippen LogP contribution in [0.4, 0.5) is 5.69 Å². The lowest BCUT2D eigenvalue weighted by molar-refractivity contribution is -0.139. The molecular weight excluding hydrogens is 410 g/mol. The number of allylic oxidation sites excluding steroid dienone is 2. The van der Waals surface area contributed by atoms with Crippen molar-refractivity contribution in [2.75, 3.05) is 18.1 Å². The number of carboxylic acid groups (broad SMARTS) is 1. The average molecular weight is 447 g/mol. The van der Waals surface area contributed by atoms with Crippen molar-refractivity contribution in [2.24, 2.45) is 0 Å². The summed E-state index contributed by atoms with van der Waals surface area (Å²) in [5.41, 5.74) is 5.87. The Balaban J connectivity index is 1.52. The van der Waals surface area contributed by atoms with Crippen molar-refractivity contribution in [3.63, 3.8) is 0 Å². The third kappa shape index (κ3) is 4.57. The fourth-order valence-corrected chi connectivity index (χ4v) is 5.49. The zero-order chi connectivity index (χ0) is 23.6. The molecule has 1 aliphatic carbocycles. The minimum Gasteiger partial charge on any atom is -0.582 e. The van der Waals surface area contributed by atoms with Gasteiger partial charge in [-0.1, -0.05) is 57.2 Å². The number of rotatable bonds is 9. The molecular formula is C29H36NO3+. The molecule has 1 heterocycles. The van der Waals surface area contributed by atoms with Gasteiger partial charge in [-0.2, -0.15) is 0 Å². The second kappa shape index (κ2) is 9.46. The summed E-state index contributed by atoms with van der Waals surface area (Å²) >= 11 is 0. The molecule has 1 aliphatic heterocycles. The highest BCUT2D eigenvalue weighted by molar-refractivity contribution is 5.68. The second-order valence-electron chi connectivity index (χ2n) is 9.74. The maximum atomic E-state index is 10.9. The smallest absolute Gasteiger partial charge is 0.312 e. The van der Waals surface area contributed by atoms with Crippen molar-refractivity contribution in [3.05, 3.63) is 77.4 Å². The third-order valence-electron chi connectivity index (χ3n) is 7.45. The fourth-order valence-electron chi connectivity index (χ4n) is 5.49. The number of hydrogen-bond donors (Lipinski definition) is 1. The van der Waals surface area contributed by atoms with Crippen molar-refractivity contribution in [3.8, 4) is 5.75 Å². The predicted octanol–water partition coefficient (Wildman–Crippen LogP) is 6.43. The summed E-state index contributed by atoms with van der Waals surface area (Å²) < 4.78 is 4.55. The van der Waals surface area contributed by atoms with E-state index in [1.165, 1.54) is 36.1 Å². The first-order valence-electron chi connectivity index (χ1n) is 12.1. The van der Waals surface area contributed by atoms with Gasteiger partial charge in [-0.15, -0.1) is 0 Å². The van der Waals surface area contributed by atoms with E-state index in [1.807, 2.05) is 18.2 Å². The highest BCUT2D eigenvalue weighted by Crippen LogP contribution is 2.49. The predicted molar refractivity (Wildman–Crippen MR) is 136 cm³/mol. The highest BCUT2D eigenvalue weighted by atomic mass is 16.5. The molecule has 2 aromatic carbocycles. The first kappa shape index (κ1) is 23.2. The van der Waals surface area contributed by atoms with Gasteiger partial charge in [0.15, 0.2) is 6.61 Å². The monoisotopic (exact) mass is 446 g/mol. The number of ether oxygens (including phenoxy) is 1. The number of hydrogen-bond acceptors (Lipinski definition) is 2. The molecule has 0 bridgehead atoms. The van der Waals surface area contributed by atoms with Gasteiger partial charge in [-0.25, -0.2) is 0 Å². The van der Waals surface area contributed by atoms with E-state index in [-0.39, 0.29) is 18.4 Å². The van der Waals surface area contributed by atoms with Gasteiger partial charge in [0.1, 0.15) is 6.42 Å². The molecule has 2 atom stereocenters. The van der Waals surface area contributed by atoms with E-state index in [0.717, 1.165) is 23.4 Å². The molecule has 33 heavy (non-hydrogen) atoms. The number of aliphatic hydroxyl groups is 1. The minimum absolute atomic E-state index is 0.0330. The molecule has 1 saturated carbocycles. The van der Waals surface area contributed by atoms with Crippen molar-refractivity contribution < 1.29 is 14.6 Å². The number of fused-ring (bicyclic) bond motifs is 3. The summed E-state index contributed by atoms with van der Waals surface area (Å²) in [4.78, 5) is 13.5. The van der Waals surface area contributed by atoms with E-state index >= 15 is 0 Å². The Morgan fingerprint density at radius 3 is 2.79 bits per heavy atom. The standard InChI is InChI=1S/C29H35NO3/c1-5-30-25-11-8-9-22(25)23-19-21(15-16-26(23)30)14-13-20(2)29(3,4)24-10-6-7-12-27(24)33-18-17-28(31)32/h6-7,10,12-16,19,22,25H,2,5,8-9,11,17-18H2,1,3-4H3,(H,31,32)/p+1/b14-13+. The Hall–Kier alpha value is -3.01. The fraction of sp³-hybridized carbons (Fsp3) is 0.414. The summed E-state index contributed by atoms with van der Waals surface area (Å²) in [6.07, 6.45) is 8.25. The normalized spacial score (nSPS) is 19.5. The molecule has 1 fully saturated rings. The van der Waals surface area contributed by atoms with Crippen LogP contribution in [0.1, 0.15) is 69.1 Å².